The largest absolute Gasteiger partial charge is 0.480 e. The Hall–Kier alpha value is -1.27. The number of thioether (sulfide) groups is 1. The Kier molecular flexibility index (Phi) is 6.66. The number of carboxylic acids is 1. The van der Waals surface area contributed by atoms with E-state index >= 15 is 0 Å². The lowest BCUT2D eigenvalue weighted by molar-refractivity contribution is -0.140. The van der Waals surface area contributed by atoms with Gasteiger partial charge in [0.05, 0.1) is 0 Å². The summed E-state index contributed by atoms with van der Waals surface area (Å²) in [5.41, 5.74) is 0.407. The monoisotopic (exact) mass is 305 g/mol. The summed E-state index contributed by atoms with van der Waals surface area (Å²) in [5, 5.41) is 11.4. The molecule has 0 saturated carbocycles. The van der Waals surface area contributed by atoms with Gasteiger partial charge in [0.2, 0.25) is 6.41 Å². The first-order chi connectivity index (χ1) is 9.06. The minimum absolute atomic E-state index is 0.269. The fraction of sp³-hybridized carbons (Fsp3) is 0.333. The van der Waals surface area contributed by atoms with Crippen LogP contribution in [0.25, 0.3) is 0 Å². The van der Waals surface area contributed by atoms with Gasteiger partial charge in [-0.25, -0.2) is 9.18 Å². The Bertz CT molecular complexity index is 438. The molecule has 1 aromatic carbocycles. The van der Waals surface area contributed by atoms with Gasteiger partial charge in [-0.05, 0) is 24.3 Å². The Balaban J connectivity index is 2.42. The molecule has 0 saturated heterocycles. The molecule has 1 aromatic rings. The lowest BCUT2D eigenvalue weighted by atomic mass is 10.2. The lowest BCUT2D eigenvalue weighted by Gasteiger charge is -2.11. The fourth-order valence-electron chi connectivity index (χ4n) is 1.41. The van der Waals surface area contributed by atoms with Crippen LogP contribution >= 0.6 is 23.4 Å². The van der Waals surface area contributed by atoms with E-state index in [1.54, 1.807) is 6.07 Å². The van der Waals surface area contributed by atoms with Crippen LogP contribution in [0.5, 0.6) is 0 Å². The number of amides is 1. The number of rotatable bonds is 8. The second-order valence-electron chi connectivity index (χ2n) is 3.72. The van der Waals surface area contributed by atoms with Crippen molar-refractivity contribution in [3.05, 3.63) is 34.6 Å². The zero-order chi connectivity index (χ0) is 14.3. The molecule has 0 aliphatic heterocycles. The summed E-state index contributed by atoms with van der Waals surface area (Å²) in [6.07, 6.45) is 0.627. The number of hydrogen-bond donors (Lipinski definition) is 2. The zero-order valence-electron chi connectivity index (χ0n) is 9.94. The Morgan fingerprint density at radius 3 is 2.89 bits per heavy atom. The van der Waals surface area contributed by atoms with Gasteiger partial charge in [0.25, 0.3) is 0 Å². The normalized spacial score (nSPS) is 11.9. The van der Waals surface area contributed by atoms with Crippen LogP contribution in [-0.4, -0.2) is 29.3 Å². The van der Waals surface area contributed by atoms with Crippen LogP contribution in [0.1, 0.15) is 12.0 Å². The maximum Gasteiger partial charge on any atom is 0.326 e. The summed E-state index contributed by atoms with van der Waals surface area (Å²) in [6.45, 7) is 0. The standard InChI is InChI=1S/C12H13ClFNO3S/c13-9-2-1-3-10(14)8(9)6-19-5-4-11(12(17)18)15-7-16/h1-3,7,11H,4-6H2,(H,15,16)(H,17,18). The summed E-state index contributed by atoms with van der Waals surface area (Å²) in [4.78, 5) is 21.0. The van der Waals surface area contributed by atoms with Gasteiger partial charge in [0, 0.05) is 16.3 Å². The van der Waals surface area contributed by atoms with Crippen LogP contribution in [0.2, 0.25) is 5.02 Å². The molecule has 1 amide bonds. The van der Waals surface area contributed by atoms with Crippen molar-refractivity contribution in [3.63, 3.8) is 0 Å². The number of carbonyl (C=O) groups excluding carboxylic acids is 1. The molecule has 0 aliphatic carbocycles. The van der Waals surface area contributed by atoms with Crippen molar-refractivity contribution in [2.45, 2.75) is 18.2 Å². The molecule has 1 rings (SSSR count). The van der Waals surface area contributed by atoms with E-state index in [1.807, 2.05) is 0 Å². The smallest absolute Gasteiger partial charge is 0.326 e. The van der Waals surface area contributed by atoms with E-state index in [0.717, 1.165) is 0 Å². The molecule has 104 valence electrons. The predicted molar refractivity (Wildman–Crippen MR) is 72.8 cm³/mol. The fourth-order valence-corrected chi connectivity index (χ4v) is 2.76. The van der Waals surface area contributed by atoms with Crippen LogP contribution in [-0.2, 0) is 15.3 Å². The van der Waals surface area contributed by atoms with Crippen LogP contribution in [0, 0.1) is 5.82 Å². The number of carboxylic acid groups (broad SMARTS) is 1. The molecule has 2 N–H and O–H groups in total. The van der Waals surface area contributed by atoms with E-state index in [0.29, 0.717) is 28.5 Å². The van der Waals surface area contributed by atoms with E-state index in [2.05, 4.69) is 5.32 Å². The quantitative estimate of drug-likeness (QED) is 0.571. The minimum atomic E-state index is -1.09. The molecule has 0 aromatic heterocycles. The van der Waals surface area contributed by atoms with Crippen LogP contribution in [0.15, 0.2) is 18.2 Å². The first-order valence-corrected chi connectivity index (χ1v) is 7.02. The van der Waals surface area contributed by atoms with Crippen LogP contribution < -0.4 is 5.32 Å². The molecule has 0 heterocycles. The maximum atomic E-state index is 13.4. The highest BCUT2D eigenvalue weighted by molar-refractivity contribution is 7.98. The third-order valence-electron chi connectivity index (χ3n) is 2.43. The van der Waals surface area contributed by atoms with Gasteiger partial charge >= 0.3 is 5.97 Å². The molecule has 0 bridgehead atoms. The van der Waals surface area contributed by atoms with Crippen molar-refractivity contribution in [2.75, 3.05) is 5.75 Å². The van der Waals surface area contributed by atoms with E-state index in [-0.39, 0.29) is 12.2 Å². The summed E-state index contributed by atoms with van der Waals surface area (Å²) in [5.74, 6) is -0.626. The lowest BCUT2D eigenvalue weighted by Crippen LogP contribution is -2.36. The minimum Gasteiger partial charge on any atom is -0.480 e. The number of halogens is 2. The molecule has 19 heavy (non-hydrogen) atoms. The Morgan fingerprint density at radius 2 is 2.32 bits per heavy atom. The first-order valence-electron chi connectivity index (χ1n) is 5.49. The van der Waals surface area contributed by atoms with Crippen LogP contribution in [0.4, 0.5) is 4.39 Å². The van der Waals surface area contributed by atoms with Gasteiger partial charge in [-0.3, -0.25) is 4.79 Å². The van der Waals surface area contributed by atoms with Crippen LogP contribution in [0.3, 0.4) is 0 Å². The maximum absolute atomic E-state index is 13.4. The number of aliphatic carboxylic acids is 1. The van der Waals surface area contributed by atoms with Crippen molar-refractivity contribution in [1.82, 2.24) is 5.32 Å². The van der Waals surface area contributed by atoms with Crippen molar-refractivity contribution < 1.29 is 19.1 Å². The second-order valence-corrected chi connectivity index (χ2v) is 5.23. The number of benzene rings is 1. The van der Waals surface area contributed by atoms with E-state index in [1.165, 1.54) is 23.9 Å². The molecule has 7 heteroatoms. The van der Waals surface area contributed by atoms with Crippen molar-refractivity contribution >= 4 is 35.7 Å². The van der Waals surface area contributed by atoms with Gasteiger partial charge in [-0.2, -0.15) is 11.8 Å². The predicted octanol–water partition coefficient (Wildman–Crippen LogP) is 2.30. The average molecular weight is 306 g/mol. The first kappa shape index (κ1) is 15.8. The molecule has 0 fully saturated rings. The molecule has 0 spiro atoms. The number of nitrogens with one attached hydrogen (secondary N) is 1. The van der Waals surface area contributed by atoms with Crippen molar-refractivity contribution in [3.8, 4) is 0 Å². The topological polar surface area (TPSA) is 66.4 Å². The van der Waals surface area contributed by atoms with E-state index in [4.69, 9.17) is 16.7 Å². The Labute approximate surface area is 119 Å². The molecular formula is C12H13ClFNO3S. The summed E-state index contributed by atoms with van der Waals surface area (Å²) < 4.78 is 13.4. The molecule has 0 aliphatic rings. The van der Waals surface area contributed by atoms with Crippen molar-refractivity contribution in [2.24, 2.45) is 0 Å². The van der Waals surface area contributed by atoms with E-state index < -0.39 is 12.0 Å². The van der Waals surface area contributed by atoms with Gasteiger partial charge in [-0.15, -0.1) is 0 Å². The van der Waals surface area contributed by atoms with Gasteiger partial charge in [-0.1, -0.05) is 17.7 Å². The van der Waals surface area contributed by atoms with E-state index in [9.17, 15) is 14.0 Å². The third kappa shape index (κ3) is 5.08. The SMILES string of the molecule is O=CNC(CCSCc1c(F)cccc1Cl)C(=O)O. The average Bonchev–Trinajstić information content (AvgIpc) is 2.35. The summed E-state index contributed by atoms with van der Waals surface area (Å²) in [7, 11) is 0. The molecule has 1 unspecified atom stereocenters. The van der Waals surface area contributed by atoms with Gasteiger partial charge in [0.1, 0.15) is 11.9 Å². The third-order valence-corrected chi connectivity index (χ3v) is 3.80. The molecule has 4 nitrogen and oxygen atoms in total. The van der Waals surface area contributed by atoms with Gasteiger partial charge < -0.3 is 10.4 Å². The number of carbonyl (C=O) groups is 2. The Morgan fingerprint density at radius 1 is 1.58 bits per heavy atom. The highest BCUT2D eigenvalue weighted by Crippen LogP contribution is 2.24. The van der Waals surface area contributed by atoms with Gasteiger partial charge in [0.15, 0.2) is 0 Å². The summed E-state index contributed by atoms with van der Waals surface area (Å²) >= 11 is 7.23. The second kappa shape index (κ2) is 8.01. The molecule has 1 atom stereocenters. The highest BCUT2D eigenvalue weighted by Gasteiger charge is 2.15. The molecule has 0 radical (unpaired) electrons. The van der Waals surface area contributed by atoms with Crippen molar-refractivity contribution in [1.29, 1.82) is 0 Å². The summed E-state index contributed by atoms with van der Waals surface area (Å²) in [6, 6.07) is 3.55. The zero-order valence-corrected chi connectivity index (χ0v) is 11.5. The highest BCUT2D eigenvalue weighted by atomic mass is 35.5. The molecular weight excluding hydrogens is 293 g/mol. The number of hydrogen-bond acceptors (Lipinski definition) is 3.